The summed E-state index contributed by atoms with van der Waals surface area (Å²) in [4.78, 5) is 0. The molecule has 3 aromatic rings. The number of hydrogen-bond acceptors (Lipinski definition) is 3. The van der Waals surface area contributed by atoms with E-state index in [1.54, 1.807) is 18.2 Å². The number of para-hydroxylation sites is 1. The van der Waals surface area contributed by atoms with Crippen molar-refractivity contribution in [3.63, 3.8) is 0 Å². The lowest BCUT2D eigenvalue weighted by atomic mass is 9.91. The van der Waals surface area contributed by atoms with E-state index in [1.165, 1.54) is 10.7 Å². The summed E-state index contributed by atoms with van der Waals surface area (Å²) in [7, 11) is 0. The van der Waals surface area contributed by atoms with Gasteiger partial charge in [0.1, 0.15) is 17.3 Å². The number of nitrogens with two attached hydrogens (primary N) is 1. The van der Waals surface area contributed by atoms with Crippen molar-refractivity contribution in [1.82, 2.24) is 20.0 Å². The molecular weight excluding hydrogens is 257 g/mol. The molecule has 0 radical (unpaired) electrons. The second-order valence-electron chi connectivity index (χ2n) is 5.80. The molecule has 0 aliphatic heterocycles. The second kappa shape index (κ2) is 4.06. The molecule has 0 saturated heterocycles. The standard InChI is InChI=1S/C14H16FN5/c1-14(2,3)11-10-12(16)17-18-13(10)20(19-11)9-7-5-4-6-8(9)15/h4-7H,1-3H3,(H3,16,17,18). The highest BCUT2D eigenvalue weighted by molar-refractivity contribution is 5.90. The number of nitrogens with zero attached hydrogens (tertiary/aromatic N) is 3. The Morgan fingerprint density at radius 2 is 1.95 bits per heavy atom. The fraction of sp³-hybridized carbons (Fsp3) is 0.286. The molecule has 0 fully saturated rings. The van der Waals surface area contributed by atoms with E-state index in [9.17, 15) is 4.39 Å². The maximum atomic E-state index is 14.0. The van der Waals surface area contributed by atoms with Gasteiger partial charge in [0.25, 0.3) is 0 Å². The van der Waals surface area contributed by atoms with Gasteiger partial charge in [0.2, 0.25) is 0 Å². The lowest BCUT2D eigenvalue weighted by Gasteiger charge is -2.15. The number of hydrogen-bond donors (Lipinski definition) is 2. The number of aromatic amines is 1. The summed E-state index contributed by atoms with van der Waals surface area (Å²) in [5, 5.41) is 12.2. The number of H-pyrrole nitrogens is 1. The molecule has 0 atom stereocenters. The molecule has 5 nitrogen and oxygen atoms in total. The Balaban J connectivity index is 2.36. The van der Waals surface area contributed by atoms with E-state index in [-0.39, 0.29) is 11.2 Å². The summed E-state index contributed by atoms with van der Waals surface area (Å²) in [5.74, 6) is 0.103. The molecule has 0 spiro atoms. The minimum Gasteiger partial charge on any atom is -0.383 e. The van der Waals surface area contributed by atoms with E-state index in [4.69, 9.17) is 5.73 Å². The Kier molecular flexibility index (Phi) is 2.57. The zero-order valence-electron chi connectivity index (χ0n) is 11.6. The van der Waals surface area contributed by atoms with Crippen LogP contribution in [-0.4, -0.2) is 20.0 Å². The average molecular weight is 273 g/mol. The summed E-state index contributed by atoms with van der Waals surface area (Å²) < 4.78 is 15.5. The molecule has 0 unspecified atom stereocenters. The van der Waals surface area contributed by atoms with Crippen molar-refractivity contribution in [2.24, 2.45) is 0 Å². The third kappa shape index (κ3) is 1.76. The van der Waals surface area contributed by atoms with Gasteiger partial charge in [-0.15, -0.1) is 0 Å². The second-order valence-corrected chi connectivity index (χ2v) is 5.80. The van der Waals surface area contributed by atoms with Gasteiger partial charge in [0.05, 0.1) is 11.1 Å². The molecule has 6 heteroatoms. The zero-order chi connectivity index (χ0) is 14.5. The number of halogens is 1. The normalized spacial score (nSPS) is 12.2. The lowest BCUT2D eigenvalue weighted by molar-refractivity contribution is 0.558. The third-order valence-corrected chi connectivity index (χ3v) is 3.20. The van der Waals surface area contributed by atoms with E-state index in [0.717, 1.165) is 11.1 Å². The van der Waals surface area contributed by atoms with E-state index < -0.39 is 0 Å². The first-order valence-electron chi connectivity index (χ1n) is 6.37. The van der Waals surface area contributed by atoms with E-state index >= 15 is 0 Å². The van der Waals surface area contributed by atoms with Gasteiger partial charge < -0.3 is 5.73 Å². The number of aromatic nitrogens is 4. The van der Waals surface area contributed by atoms with Gasteiger partial charge in [-0.05, 0) is 12.1 Å². The predicted molar refractivity (Wildman–Crippen MR) is 76.3 cm³/mol. The SMILES string of the molecule is CC(C)(C)c1nn(-c2ccccc2F)c2n[nH]c(N)c12. The van der Waals surface area contributed by atoms with Crippen molar-refractivity contribution in [2.75, 3.05) is 5.73 Å². The predicted octanol–water partition coefficient (Wildman–Crippen LogP) is 2.77. The molecule has 104 valence electrons. The number of nitrogen functional groups attached to an aromatic ring is 1. The molecule has 2 aromatic heterocycles. The Hall–Kier alpha value is -2.37. The van der Waals surface area contributed by atoms with Crippen LogP contribution in [0.2, 0.25) is 0 Å². The molecule has 0 bridgehead atoms. The van der Waals surface area contributed by atoms with Crippen LogP contribution in [0.15, 0.2) is 24.3 Å². The zero-order valence-corrected chi connectivity index (χ0v) is 11.6. The highest BCUT2D eigenvalue weighted by atomic mass is 19.1. The van der Waals surface area contributed by atoms with Crippen LogP contribution >= 0.6 is 0 Å². The van der Waals surface area contributed by atoms with Crippen molar-refractivity contribution >= 4 is 16.9 Å². The summed E-state index contributed by atoms with van der Waals surface area (Å²) in [6, 6.07) is 6.47. The summed E-state index contributed by atoms with van der Waals surface area (Å²) in [6.07, 6.45) is 0. The Bertz CT molecular complexity index is 779. The highest BCUT2D eigenvalue weighted by Crippen LogP contribution is 2.33. The van der Waals surface area contributed by atoms with Crippen LogP contribution in [0, 0.1) is 5.82 Å². The molecule has 2 heterocycles. The van der Waals surface area contributed by atoms with Crippen LogP contribution in [0.5, 0.6) is 0 Å². The van der Waals surface area contributed by atoms with Crippen LogP contribution in [0.4, 0.5) is 10.2 Å². The Morgan fingerprint density at radius 3 is 2.60 bits per heavy atom. The molecular formula is C14H16FN5. The minimum absolute atomic E-state index is 0.216. The van der Waals surface area contributed by atoms with E-state index in [0.29, 0.717) is 17.2 Å². The highest BCUT2D eigenvalue weighted by Gasteiger charge is 2.27. The van der Waals surface area contributed by atoms with E-state index in [2.05, 4.69) is 15.3 Å². The maximum absolute atomic E-state index is 14.0. The fourth-order valence-electron chi connectivity index (χ4n) is 2.25. The molecule has 3 rings (SSSR count). The van der Waals surface area contributed by atoms with Gasteiger partial charge in [-0.25, -0.2) is 9.07 Å². The maximum Gasteiger partial charge on any atom is 0.186 e. The van der Waals surface area contributed by atoms with Crippen molar-refractivity contribution in [3.8, 4) is 5.69 Å². The molecule has 0 aliphatic rings. The van der Waals surface area contributed by atoms with Crippen LogP contribution < -0.4 is 5.73 Å². The number of anilines is 1. The molecule has 1 aromatic carbocycles. The first-order chi connectivity index (χ1) is 9.39. The number of benzene rings is 1. The van der Waals surface area contributed by atoms with Gasteiger partial charge in [-0.2, -0.15) is 10.2 Å². The lowest BCUT2D eigenvalue weighted by Crippen LogP contribution is -2.14. The van der Waals surface area contributed by atoms with Gasteiger partial charge in [0, 0.05) is 5.41 Å². The Morgan fingerprint density at radius 1 is 1.25 bits per heavy atom. The summed E-state index contributed by atoms with van der Waals surface area (Å²) >= 11 is 0. The molecule has 0 amide bonds. The van der Waals surface area contributed by atoms with Gasteiger partial charge in [-0.3, -0.25) is 5.10 Å². The molecule has 0 aliphatic carbocycles. The smallest absolute Gasteiger partial charge is 0.186 e. The monoisotopic (exact) mass is 273 g/mol. The topological polar surface area (TPSA) is 72.5 Å². The number of nitrogens with one attached hydrogen (secondary N) is 1. The third-order valence-electron chi connectivity index (χ3n) is 3.20. The van der Waals surface area contributed by atoms with Gasteiger partial charge >= 0.3 is 0 Å². The van der Waals surface area contributed by atoms with Crippen molar-refractivity contribution in [3.05, 3.63) is 35.8 Å². The largest absolute Gasteiger partial charge is 0.383 e. The summed E-state index contributed by atoms with van der Waals surface area (Å²) in [5.41, 5.74) is 7.42. The molecule has 0 saturated carbocycles. The molecule has 3 N–H and O–H groups in total. The molecule has 20 heavy (non-hydrogen) atoms. The quantitative estimate of drug-likeness (QED) is 0.716. The average Bonchev–Trinajstić information content (AvgIpc) is 2.91. The van der Waals surface area contributed by atoms with Crippen LogP contribution in [0.3, 0.4) is 0 Å². The van der Waals surface area contributed by atoms with Crippen molar-refractivity contribution in [2.45, 2.75) is 26.2 Å². The van der Waals surface area contributed by atoms with Crippen LogP contribution in [-0.2, 0) is 5.41 Å². The van der Waals surface area contributed by atoms with Gasteiger partial charge in [-0.1, -0.05) is 32.9 Å². The Labute approximate surface area is 115 Å². The number of rotatable bonds is 1. The van der Waals surface area contributed by atoms with Crippen LogP contribution in [0.25, 0.3) is 16.7 Å². The van der Waals surface area contributed by atoms with Crippen LogP contribution in [0.1, 0.15) is 26.5 Å². The minimum atomic E-state index is -0.348. The fourth-order valence-corrected chi connectivity index (χ4v) is 2.25. The van der Waals surface area contributed by atoms with E-state index in [1.807, 2.05) is 20.8 Å². The first kappa shape index (κ1) is 12.7. The number of fused-ring (bicyclic) bond motifs is 1. The van der Waals surface area contributed by atoms with Gasteiger partial charge in [0.15, 0.2) is 5.65 Å². The van der Waals surface area contributed by atoms with Crippen molar-refractivity contribution in [1.29, 1.82) is 0 Å². The van der Waals surface area contributed by atoms with Crippen molar-refractivity contribution < 1.29 is 4.39 Å². The summed E-state index contributed by atoms with van der Waals surface area (Å²) in [6.45, 7) is 6.10. The first-order valence-corrected chi connectivity index (χ1v) is 6.37.